The van der Waals surface area contributed by atoms with Crippen molar-refractivity contribution < 1.29 is 0 Å². The third-order valence-electron chi connectivity index (χ3n) is 2.82. The Bertz CT molecular complexity index is 717. The predicted octanol–water partition coefficient (Wildman–Crippen LogP) is 2.20. The van der Waals surface area contributed by atoms with Crippen molar-refractivity contribution in [2.75, 3.05) is 11.1 Å². The molecule has 6 heteroatoms. The van der Waals surface area contributed by atoms with E-state index < -0.39 is 0 Å². The molecule has 0 bridgehead atoms. The van der Waals surface area contributed by atoms with Crippen LogP contribution >= 0.6 is 0 Å². The molecule has 0 amide bonds. The van der Waals surface area contributed by atoms with Crippen molar-refractivity contribution in [1.82, 2.24) is 19.7 Å². The monoisotopic (exact) mass is 266 g/mol. The van der Waals surface area contributed by atoms with Crippen molar-refractivity contribution in [3.05, 3.63) is 48.9 Å². The van der Waals surface area contributed by atoms with Crippen molar-refractivity contribution in [1.29, 1.82) is 0 Å². The Morgan fingerprint density at radius 3 is 2.65 bits per heavy atom. The van der Waals surface area contributed by atoms with E-state index in [0.717, 1.165) is 22.6 Å². The number of aromatic nitrogens is 4. The summed E-state index contributed by atoms with van der Waals surface area (Å²) in [6.07, 6.45) is 5.30. The summed E-state index contributed by atoms with van der Waals surface area (Å²) in [5, 5.41) is 7.20. The van der Waals surface area contributed by atoms with Crippen LogP contribution in [0.3, 0.4) is 0 Å². The van der Waals surface area contributed by atoms with E-state index in [1.807, 2.05) is 43.6 Å². The number of nitrogen functional groups attached to an aromatic ring is 1. The molecule has 0 fully saturated rings. The van der Waals surface area contributed by atoms with Crippen molar-refractivity contribution in [3.8, 4) is 11.3 Å². The molecule has 0 unspecified atom stereocenters. The molecule has 1 aromatic carbocycles. The van der Waals surface area contributed by atoms with Crippen molar-refractivity contribution in [3.63, 3.8) is 0 Å². The summed E-state index contributed by atoms with van der Waals surface area (Å²) < 4.78 is 1.71. The molecule has 20 heavy (non-hydrogen) atoms. The maximum Gasteiger partial charge on any atom is 0.227 e. The molecule has 2 heterocycles. The van der Waals surface area contributed by atoms with Gasteiger partial charge in [-0.2, -0.15) is 5.10 Å². The molecule has 6 nitrogen and oxygen atoms in total. The van der Waals surface area contributed by atoms with Gasteiger partial charge >= 0.3 is 0 Å². The van der Waals surface area contributed by atoms with Crippen LogP contribution < -0.4 is 11.1 Å². The van der Waals surface area contributed by atoms with Gasteiger partial charge in [0, 0.05) is 30.7 Å². The second-order valence-electron chi connectivity index (χ2n) is 4.42. The number of nitrogens with one attached hydrogen (secondary N) is 1. The highest BCUT2D eigenvalue weighted by Crippen LogP contribution is 2.20. The summed E-state index contributed by atoms with van der Waals surface area (Å²) in [5.74, 6) is 0.535. The first kappa shape index (κ1) is 12.2. The summed E-state index contributed by atoms with van der Waals surface area (Å²) in [6.45, 7) is 0. The maximum atomic E-state index is 5.68. The molecule has 100 valence electrons. The number of nitrogens with two attached hydrogens (primary N) is 1. The van der Waals surface area contributed by atoms with Gasteiger partial charge in [-0.3, -0.25) is 4.68 Å². The lowest BCUT2D eigenvalue weighted by molar-refractivity contribution is 0.768. The van der Waals surface area contributed by atoms with E-state index in [0.29, 0.717) is 5.95 Å². The Labute approximate surface area is 116 Å². The van der Waals surface area contributed by atoms with Gasteiger partial charge in [0.05, 0.1) is 17.6 Å². The number of rotatable bonds is 3. The fourth-order valence-electron chi connectivity index (χ4n) is 1.85. The van der Waals surface area contributed by atoms with E-state index in [2.05, 4.69) is 20.4 Å². The van der Waals surface area contributed by atoms with Gasteiger partial charge in [-0.25, -0.2) is 9.97 Å². The molecule has 0 radical (unpaired) electrons. The summed E-state index contributed by atoms with van der Waals surface area (Å²) >= 11 is 0. The van der Waals surface area contributed by atoms with Crippen molar-refractivity contribution >= 4 is 17.3 Å². The average molecular weight is 266 g/mol. The Balaban J connectivity index is 1.87. The minimum absolute atomic E-state index is 0.535. The van der Waals surface area contributed by atoms with Gasteiger partial charge in [-0.05, 0) is 18.2 Å². The molecule has 0 saturated carbocycles. The third kappa shape index (κ3) is 2.59. The van der Waals surface area contributed by atoms with E-state index in [4.69, 9.17) is 5.73 Å². The highest BCUT2D eigenvalue weighted by atomic mass is 15.3. The van der Waals surface area contributed by atoms with Crippen LogP contribution in [0.1, 0.15) is 0 Å². The first-order valence-electron chi connectivity index (χ1n) is 6.15. The highest BCUT2D eigenvalue weighted by molar-refractivity contribution is 5.63. The highest BCUT2D eigenvalue weighted by Gasteiger charge is 2.03. The molecule has 3 rings (SSSR count). The van der Waals surface area contributed by atoms with Crippen LogP contribution in [0.25, 0.3) is 11.3 Å². The lowest BCUT2D eigenvalue weighted by Gasteiger charge is -2.05. The van der Waals surface area contributed by atoms with Crippen LogP contribution in [0.4, 0.5) is 17.3 Å². The number of benzene rings is 1. The minimum atomic E-state index is 0.535. The van der Waals surface area contributed by atoms with E-state index in [9.17, 15) is 0 Å². The molecule has 0 saturated heterocycles. The Hall–Kier alpha value is -2.89. The number of anilines is 3. The number of nitrogens with zero attached hydrogens (tertiary/aromatic N) is 4. The lowest BCUT2D eigenvalue weighted by Crippen LogP contribution is -1.97. The van der Waals surface area contributed by atoms with Crippen LogP contribution in [0, 0.1) is 0 Å². The first-order valence-corrected chi connectivity index (χ1v) is 6.15. The smallest absolute Gasteiger partial charge is 0.227 e. The Morgan fingerprint density at radius 2 is 1.95 bits per heavy atom. The first-order chi connectivity index (χ1) is 9.70. The van der Waals surface area contributed by atoms with Gasteiger partial charge < -0.3 is 11.1 Å². The molecule has 0 aliphatic carbocycles. The molecule has 0 atom stereocenters. The third-order valence-corrected chi connectivity index (χ3v) is 2.82. The lowest BCUT2D eigenvalue weighted by atomic mass is 10.1. The fourth-order valence-corrected chi connectivity index (χ4v) is 1.85. The standard InChI is InChI=1S/C14H14N6/c1-20-9-12(8-17-20)18-14-16-7-6-13(19-14)10-2-4-11(15)5-3-10/h2-9H,15H2,1H3,(H,16,18,19). The summed E-state index contributed by atoms with van der Waals surface area (Å²) in [7, 11) is 1.86. The fraction of sp³-hybridized carbons (Fsp3) is 0.0714. The van der Waals surface area contributed by atoms with Crippen LogP contribution in [-0.4, -0.2) is 19.7 Å². The van der Waals surface area contributed by atoms with E-state index >= 15 is 0 Å². The zero-order valence-electron chi connectivity index (χ0n) is 11.0. The SMILES string of the molecule is Cn1cc(Nc2nccc(-c3ccc(N)cc3)n2)cn1. The Morgan fingerprint density at radius 1 is 1.15 bits per heavy atom. The topological polar surface area (TPSA) is 81.7 Å². The zero-order chi connectivity index (χ0) is 13.9. The normalized spacial score (nSPS) is 10.4. The van der Waals surface area contributed by atoms with Crippen LogP contribution in [0.5, 0.6) is 0 Å². The molecule has 0 spiro atoms. The van der Waals surface area contributed by atoms with Crippen molar-refractivity contribution in [2.24, 2.45) is 7.05 Å². The number of hydrogen-bond donors (Lipinski definition) is 2. The van der Waals surface area contributed by atoms with Gasteiger partial charge in [-0.15, -0.1) is 0 Å². The van der Waals surface area contributed by atoms with Crippen LogP contribution in [0.2, 0.25) is 0 Å². The van der Waals surface area contributed by atoms with Gasteiger partial charge in [0.15, 0.2) is 0 Å². The van der Waals surface area contributed by atoms with E-state index in [-0.39, 0.29) is 0 Å². The molecule has 2 aromatic heterocycles. The van der Waals surface area contributed by atoms with Crippen molar-refractivity contribution in [2.45, 2.75) is 0 Å². The second-order valence-corrected chi connectivity index (χ2v) is 4.42. The molecule has 3 aromatic rings. The number of hydrogen-bond acceptors (Lipinski definition) is 5. The van der Waals surface area contributed by atoms with Gasteiger partial charge in [0.2, 0.25) is 5.95 Å². The van der Waals surface area contributed by atoms with Gasteiger partial charge in [0.1, 0.15) is 0 Å². The zero-order valence-corrected chi connectivity index (χ0v) is 11.0. The summed E-state index contributed by atoms with van der Waals surface area (Å²) in [4.78, 5) is 8.68. The molecule has 0 aliphatic rings. The van der Waals surface area contributed by atoms with Gasteiger partial charge in [0.25, 0.3) is 0 Å². The molecular weight excluding hydrogens is 252 g/mol. The largest absolute Gasteiger partial charge is 0.399 e. The number of aryl methyl sites for hydroxylation is 1. The van der Waals surface area contributed by atoms with Gasteiger partial charge in [-0.1, -0.05) is 12.1 Å². The van der Waals surface area contributed by atoms with Crippen LogP contribution in [0.15, 0.2) is 48.9 Å². The second kappa shape index (κ2) is 5.00. The van der Waals surface area contributed by atoms with E-state index in [1.54, 1.807) is 17.1 Å². The minimum Gasteiger partial charge on any atom is -0.399 e. The summed E-state index contributed by atoms with van der Waals surface area (Å²) in [5.41, 5.74) is 9.10. The maximum absolute atomic E-state index is 5.68. The average Bonchev–Trinajstić information content (AvgIpc) is 2.85. The quantitative estimate of drug-likeness (QED) is 0.710. The van der Waals surface area contributed by atoms with Crippen LogP contribution in [-0.2, 0) is 7.05 Å². The molecular formula is C14H14N6. The van der Waals surface area contributed by atoms with E-state index in [1.165, 1.54) is 0 Å². The predicted molar refractivity (Wildman–Crippen MR) is 78.4 cm³/mol. The molecule has 0 aliphatic heterocycles. The molecule has 3 N–H and O–H groups in total. The summed E-state index contributed by atoms with van der Waals surface area (Å²) in [6, 6.07) is 9.44. The Kier molecular flexibility index (Phi) is 3.04.